The van der Waals surface area contributed by atoms with Crippen molar-refractivity contribution in [3.63, 3.8) is 0 Å². The number of aliphatic hydroxyl groups excluding tert-OH is 1. The first kappa shape index (κ1) is 25.4. The number of carbonyl (C=O) groups is 1. The number of hydrogen-bond acceptors (Lipinski definition) is 6. The number of azo groups is 1. The highest BCUT2D eigenvalue weighted by Crippen LogP contribution is 2.35. The minimum Gasteiger partial charge on any atom is -0.493 e. The van der Waals surface area contributed by atoms with Crippen molar-refractivity contribution in [1.29, 1.82) is 0 Å². The van der Waals surface area contributed by atoms with Crippen molar-refractivity contribution in [3.8, 4) is 5.88 Å². The Morgan fingerprint density at radius 1 is 1.00 bits per heavy atom. The molecule has 0 saturated carbocycles. The second-order valence-corrected chi connectivity index (χ2v) is 10.2. The summed E-state index contributed by atoms with van der Waals surface area (Å²) in [5.74, 6) is -1.09. The summed E-state index contributed by atoms with van der Waals surface area (Å²) in [6.07, 6.45) is 1.17. The number of aromatic nitrogens is 1. The van der Waals surface area contributed by atoms with Gasteiger partial charge in [-0.15, -0.1) is 10.2 Å². The first-order chi connectivity index (χ1) is 17.3. The van der Waals surface area contributed by atoms with Crippen LogP contribution in [-0.2, 0) is 21.2 Å². The molecule has 0 saturated heterocycles. The predicted molar refractivity (Wildman–Crippen MR) is 137 cm³/mol. The number of para-hydroxylation sites is 1. The summed E-state index contributed by atoms with van der Waals surface area (Å²) in [5, 5.41) is 27.7. The quantitative estimate of drug-likeness (QED) is 0.265. The van der Waals surface area contributed by atoms with Gasteiger partial charge in [-0.2, -0.15) is 0 Å². The lowest BCUT2D eigenvalue weighted by atomic mass is 10.1. The zero-order valence-corrected chi connectivity index (χ0v) is 20.6. The number of rotatable bonds is 9. The van der Waals surface area contributed by atoms with E-state index >= 15 is 0 Å². The van der Waals surface area contributed by atoms with Crippen LogP contribution in [0.4, 0.5) is 11.4 Å². The van der Waals surface area contributed by atoms with Crippen LogP contribution in [0.15, 0.2) is 87.9 Å². The highest BCUT2D eigenvalue weighted by molar-refractivity contribution is 7.92. The number of halogens is 1. The Morgan fingerprint density at radius 2 is 1.69 bits per heavy atom. The van der Waals surface area contributed by atoms with E-state index in [0.717, 1.165) is 9.87 Å². The number of aryl methyl sites for hydroxylation is 1. The molecule has 11 heteroatoms. The Labute approximate surface area is 212 Å². The summed E-state index contributed by atoms with van der Waals surface area (Å²) in [6.45, 7) is -0.583. The van der Waals surface area contributed by atoms with Crippen LogP contribution < -0.4 is 4.31 Å². The smallest absolute Gasteiger partial charge is 0.285 e. The standard InChI is InChI=1S/C25H23ClN4O5S/c26-18-9-11-19(12-10-18)30(36(34,35)20-13-7-17(8-14-20)4-3-15-31)16-23(32)28-29-24-21-5-1-2-6-22(21)27-25(24)33/h1-2,5-14,27,31,33H,3-4,15-16H2. The maximum atomic E-state index is 13.5. The van der Waals surface area contributed by atoms with Gasteiger partial charge in [0.05, 0.1) is 16.1 Å². The number of aliphatic hydroxyl groups is 1. The molecule has 3 N–H and O–H groups in total. The van der Waals surface area contributed by atoms with E-state index in [4.69, 9.17) is 16.7 Å². The fourth-order valence-corrected chi connectivity index (χ4v) is 5.18. The molecule has 4 aromatic rings. The van der Waals surface area contributed by atoms with Gasteiger partial charge in [0.1, 0.15) is 6.54 Å². The van der Waals surface area contributed by atoms with Gasteiger partial charge in [0, 0.05) is 17.0 Å². The third-order valence-corrected chi connectivity index (χ3v) is 7.49. The van der Waals surface area contributed by atoms with Crippen molar-refractivity contribution in [2.24, 2.45) is 10.2 Å². The Balaban J connectivity index is 1.63. The molecule has 0 bridgehead atoms. The normalized spacial score (nSPS) is 11.8. The summed E-state index contributed by atoms with van der Waals surface area (Å²) in [4.78, 5) is 15.5. The van der Waals surface area contributed by atoms with Gasteiger partial charge in [-0.05, 0) is 60.9 Å². The number of anilines is 1. The van der Waals surface area contributed by atoms with E-state index in [2.05, 4.69) is 15.2 Å². The van der Waals surface area contributed by atoms with E-state index in [1.807, 2.05) is 0 Å². The third kappa shape index (κ3) is 5.56. The highest BCUT2D eigenvalue weighted by atomic mass is 35.5. The molecule has 0 fully saturated rings. The number of nitrogens with one attached hydrogen (secondary N) is 1. The molecular formula is C25H23ClN4O5S. The Kier molecular flexibility index (Phi) is 7.68. The number of fused-ring (bicyclic) bond motifs is 1. The first-order valence-corrected chi connectivity index (χ1v) is 12.8. The second-order valence-electron chi connectivity index (χ2n) is 7.92. The van der Waals surface area contributed by atoms with Crippen LogP contribution in [0.25, 0.3) is 10.9 Å². The SMILES string of the molecule is O=C(CN(c1ccc(Cl)cc1)S(=O)(=O)c1ccc(CCCO)cc1)N=Nc1c(O)[nH]c2ccccc12. The summed E-state index contributed by atoms with van der Waals surface area (Å²) < 4.78 is 28.0. The van der Waals surface area contributed by atoms with Crippen LogP contribution >= 0.6 is 11.6 Å². The van der Waals surface area contributed by atoms with Crippen LogP contribution in [0, 0.1) is 0 Å². The number of nitrogens with zero attached hydrogens (tertiary/aromatic N) is 3. The number of amides is 1. The lowest BCUT2D eigenvalue weighted by molar-refractivity contribution is -0.116. The molecule has 0 aliphatic rings. The maximum absolute atomic E-state index is 13.5. The Hall–Kier alpha value is -3.73. The van der Waals surface area contributed by atoms with Crippen LogP contribution in [0.3, 0.4) is 0 Å². The Morgan fingerprint density at radius 3 is 2.39 bits per heavy atom. The van der Waals surface area contributed by atoms with Crippen LogP contribution in [-0.4, -0.2) is 42.7 Å². The molecule has 1 heterocycles. The van der Waals surface area contributed by atoms with Crippen molar-refractivity contribution in [1.82, 2.24) is 4.98 Å². The average Bonchev–Trinajstić information content (AvgIpc) is 3.20. The van der Waals surface area contributed by atoms with Crippen molar-refractivity contribution in [2.75, 3.05) is 17.5 Å². The molecule has 0 aliphatic heterocycles. The zero-order valence-electron chi connectivity index (χ0n) is 19.0. The molecule has 186 valence electrons. The largest absolute Gasteiger partial charge is 0.493 e. The van der Waals surface area contributed by atoms with Gasteiger partial charge in [0.2, 0.25) is 5.88 Å². The third-order valence-electron chi connectivity index (χ3n) is 5.45. The van der Waals surface area contributed by atoms with E-state index < -0.39 is 22.5 Å². The van der Waals surface area contributed by atoms with Gasteiger partial charge in [-0.3, -0.25) is 9.10 Å². The molecule has 1 amide bonds. The van der Waals surface area contributed by atoms with Gasteiger partial charge >= 0.3 is 0 Å². The molecule has 9 nitrogen and oxygen atoms in total. The minimum atomic E-state index is -4.15. The van der Waals surface area contributed by atoms with Crippen molar-refractivity contribution >= 4 is 49.8 Å². The topological polar surface area (TPSA) is 135 Å². The highest BCUT2D eigenvalue weighted by Gasteiger charge is 2.27. The number of aromatic hydroxyl groups is 1. The van der Waals surface area contributed by atoms with Gasteiger partial charge in [0.25, 0.3) is 15.9 Å². The van der Waals surface area contributed by atoms with Gasteiger partial charge in [0.15, 0.2) is 5.69 Å². The number of carbonyl (C=O) groups excluding carboxylic acids is 1. The number of hydrogen-bond donors (Lipinski definition) is 3. The fourth-order valence-electron chi connectivity index (χ4n) is 3.64. The van der Waals surface area contributed by atoms with Crippen LogP contribution in [0.2, 0.25) is 5.02 Å². The lowest BCUT2D eigenvalue weighted by Crippen LogP contribution is -2.35. The minimum absolute atomic E-state index is 0.00999. The second kappa shape index (κ2) is 10.9. The lowest BCUT2D eigenvalue weighted by Gasteiger charge is -2.23. The van der Waals surface area contributed by atoms with Gasteiger partial charge in [-0.1, -0.05) is 41.9 Å². The molecular weight excluding hydrogens is 504 g/mol. The van der Waals surface area contributed by atoms with E-state index in [-0.39, 0.29) is 28.8 Å². The summed E-state index contributed by atoms with van der Waals surface area (Å²) >= 11 is 5.97. The first-order valence-electron chi connectivity index (χ1n) is 11.0. The molecule has 0 aliphatic carbocycles. The number of benzene rings is 3. The fraction of sp³-hybridized carbons (Fsp3) is 0.160. The number of H-pyrrole nitrogens is 1. The summed E-state index contributed by atoms with van der Waals surface area (Å²) in [6, 6.07) is 19.3. The van der Waals surface area contributed by atoms with Crippen LogP contribution in [0.1, 0.15) is 12.0 Å². The maximum Gasteiger partial charge on any atom is 0.285 e. The molecule has 0 spiro atoms. The monoisotopic (exact) mass is 526 g/mol. The van der Waals surface area contributed by atoms with E-state index in [9.17, 15) is 18.3 Å². The van der Waals surface area contributed by atoms with Gasteiger partial charge < -0.3 is 15.2 Å². The molecule has 0 unspecified atom stereocenters. The molecule has 3 aromatic carbocycles. The summed E-state index contributed by atoms with van der Waals surface area (Å²) in [7, 11) is -4.15. The van der Waals surface area contributed by atoms with E-state index in [1.165, 1.54) is 36.4 Å². The number of sulfonamides is 1. The van der Waals surface area contributed by atoms with Crippen LogP contribution in [0.5, 0.6) is 5.88 Å². The number of aromatic amines is 1. The predicted octanol–water partition coefficient (Wildman–Crippen LogP) is 4.96. The van der Waals surface area contributed by atoms with Gasteiger partial charge in [-0.25, -0.2) is 8.42 Å². The molecule has 4 rings (SSSR count). The molecule has 0 atom stereocenters. The molecule has 0 radical (unpaired) electrons. The summed E-state index contributed by atoms with van der Waals surface area (Å²) in [5.41, 5.74) is 1.80. The van der Waals surface area contributed by atoms with E-state index in [1.54, 1.807) is 36.4 Å². The van der Waals surface area contributed by atoms with Crippen molar-refractivity contribution in [3.05, 3.63) is 83.4 Å². The Bertz CT molecular complexity index is 1500. The van der Waals surface area contributed by atoms with Crippen molar-refractivity contribution in [2.45, 2.75) is 17.7 Å². The molecule has 36 heavy (non-hydrogen) atoms. The molecule has 1 aromatic heterocycles. The average molecular weight is 527 g/mol. The van der Waals surface area contributed by atoms with E-state index in [0.29, 0.717) is 28.8 Å². The van der Waals surface area contributed by atoms with Crippen molar-refractivity contribution < 1.29 is 23.4 Å². The zero-order chi connectivity index (χ0) is 25.7.